The number of hydrogen-bond donors (Lipinski definition) is 3. The molecule has 1 aromatic rings. The number of nitrogens with two attached hydrogens (primary N) is 1. The minimum absolute atomic E-state index is 0.501. The fourth-order valence-corrected chi connectivity index (χ4v) is 3.31. The van der Waals surface area contributed by atoms with Crippen LogP contribution in [0.25, 0.3) is 0 Å². The summed E-state index contributed by atoms with van der Waals surface area (Å²) in [6, 6.07) is 0.501. The molecule has 1 unspecified atom stereocenters. The summed E-state index contributed by atoms with van der Waals surface area (Å²) >= 11 is 0. The Labute approximate surface area is 120 Å². The zero-order chi connectivity index (χ0) is 14.1. The topological polar surface area (TPSA) is 79.1 Å². The van der Waals surface area contributed by atoms with Crippen LogP contribution in [0.4, 0.5) is 11.6 Å². The Balaban J connectivity index is 1.83. The Morgan fingerprint density at radius 2 is 1.95 bits per heavy atom. The molecular formula is C14H24N6. The van der Waals surface area contributed by atoms with Gasteiger partial charge >= 0.3 is 0 Å². The maximum absolute atomic E-state index is 5.56. The predicted octanol–water partition coefficient (Wildman–Crippen LogP) is 1.14. The van der Waals surface area contributed by atoms with Crippen molar-refractivity contribution in [3.63, 3.8) is 0 Å². The van der Waals surface area contributed by atoms with Crippen molar-refractivity contribution in [2.75, 3.05) is 30.4 Å². The normalized spacial score (nSPS) is 28.4. The average Bonchev–Trinajstić information content (AvgIpc) is 2.50. The van der Waals surface area contributed by atoms with E-state index in [0.717, 1.165) is 41.9 Å². The molecule has 0 saturated carbocycles. The first-order valence-corrected chi connectivity index (χ1v) is 7.54. The summed E-state index contributed by atoms with van der Waals surface area (Å²) in [5.41, 5.74) is 3.68. The van der Waals surface area contributed by atoms with Gasteiger partial charge in [0, 0.05) is 24.6 Å². The Bertz CT molecular complexity index is 481. The van der Waals surface area contributed by atoms with Gasteiger partial charge in [0.15, 0.2) is 0 Å². The van der Waals surface area contributed by atoms with Crippen LogP contribution >= 0.6 is 0 Å². The molecule has 0 amide bonds. The molecule has 110 valence electrons. The fourth-order valence-electron chi connectivity index (χ4n) is 3.31. The van der Waals surface area contributed by atoms with Gasteiger partial charge in [-0.2, -0.15) is 0 Å². The monoisotopic (exact) mass is 276 g/mol. The lowest BCUT2D eigenvalue weighted by atomic mass is 9.84. The summed E-state index contributed by atoms with van der Waals surface area (Å²) in [6.45, 7) is 7.70. The smallest absolute Gasteiger partial charge is 0.148 e. The lowest BCUT2D eigenvalue weighted by molar-refractivity contribution is 0.0973. The third-order valence-corrected chi connectivity index (χ3v) is 4.62. The van der Waals surface area contributed by atoms with Crippen molar-refractivity contribution in [2.45, 2.75) is 39.2 Å². The van der Waals surface area contributed by atoms with Crippen LogP contribution in [0.15, 0.2) is 0 Å². The van der Waals surface area contributed by atoms with Gasteiger partial charge in [0.2, 0.25) is 0 Å². The second kappa shape index (κ2) is 5.54. The van der Waals surface area contributed by atoms with E-state index in [1.165, 1.54) is 25.9 Å². The van der Waals surface area contributed by atoms with E-state index in [0.29, 0.717) is 6.04 Å². The number of nitrogens with one attached hydrogen (secondary N) is 2. The second-order valence-electron chi connectivity index (χ2n) is 5.85. The number of anilines is 2. The highest BCUT2D eigenvalue weighted by Gasteiger charge is 2.34. The predicted molar refractivity (Wildman–Crippen MR) is 80.5 cm³/mol. The first-order chi connectivity index (χ1) is 9.71. The van der Waals surface area contributed by atoms with E-state index in [9.17, 15) is 0 Å². The standard InChI is InChI=1S/C14H24N6/c1-3-12-17-13(9(2)14(18-12)19-15)16-11-8-20-6-4-10(11)5-7-20/h10-11H,3-8,15H2,1-2H3,(H2,16,17,18,19). The highest BCUT2D eigenvalue weighted by molar-refractivity contribution is 5.57. The summed E-state index contributed by atoms with van der Waals surface area (Å²) in [5, 5.41) is 3.64. The Hall–Kier alpha value is -1.40. The van der Waals surface area contributed by atoms with Crippen molar-refractivity contribution in [1.82, 2.24) is 14.9 Å². The van der Waals surface area contributed by atoms with Gasteiger partial charge in [-0.3, -0.25) is 0 Å². The molecule has 2 bridgehead atoms. The minimum Gasteiger partial charge on any atom is -0.365 e. The number of hydrogen-bond acceptors (Lipinski definition) is 6. The Kier molecular flexibility index (Phi) is 3.76. The number of aromatic nitrogens is 2. The van der Waals surface area contributed by atoms with Gasteiger partial charge in [0.1, 0.15) is 17.5 Å². The van der Waals surface area contributed by atoms with Crippen molar-refractivity contribution in [3.05, 3.63) is 11.4 Å². The number of nitrogens with zero attached hydrogens (tertiary/aromatic N) is 3. The molecule has 0 radical (unpaired) electrons. The average molecular weight is 276 g/mol. The summed E-state index contributed by atoms with van der Waals surface area (Å²) < 4.78 is 0. The van der Waals surface area contributed by atoms with E-state index in [-0.39, 0.29) is 0 Å². The molecule has 4 N–H and O–H groups in total. The van der Waals surface area contributed by atoms with Gasteiger partial charge in [0.25, 0.3) is 0 Å². The molecule has 4 heterocycles. The molecule has 3 saturated heterocycles. The van der Waals surface area contributed by atoms with Crippen LogP contribution in [0.5, 0.6) is 0 Å². The molecule has 3 fully saturated rings. The van der Waals surface area contributed by atoms with E-state index >= 15 is 0 Å². The van der Waals surface area contributed by atoms with Crippen molar-refractivity contribution in [1.29, 1.82) is 0 Å². The Morgan fingerprint density at radius 3 is 2.50 bits per heavy atom. The van der Waals surface area contributed by atoms with Crippen LogP contribution in [0.3, 0.4) is 0 Å². The molecule has 0 aromatic carbocycles. The maximum Gasteiger partial charge on any atom is 0.148 e. The quantitative estimate of drug-likeness (QED) is 0.565. The summed E-state index contributed by atoms with van der Waals surface area (Å²) in [7, 11) is 0. The third-order valence-electron chi connectivity index (χ3n) is 4.62. The van der Waals surface area contributed by atoms with E-state index in [1.54, 1.807) is 0 Å². The first-order valence-electron chi connectivity index (χ1n) is 7.54. The molecule has 3 aliphatic heterocycles. The molecule has 1 aromatic heterocycles. The van der Waals surface area contributed by atoms with Gasteiger partial charge in [-0.1, -0.05) is 6.92 Å². The number of piperidine rings is 3. The number of fused-ring (bicyclic) bond motifs is 3. The molecule has 3 aliphatic rings. The van der Waals surface area contributed by atoms with Gasteiger partial charge < -0.3 is 15.6 Å². The molecule has 6 heteroatoms. The Morgan fingerprint density at radius 1 is 1.25 bits per heavy atom. The molecule has 0 spiro atoms. The van der Waals surface area contributed by atoms with Crippen molar-refractivity contribution >= 4 is 11.6 Å². The highest BCUT2D eigenvalue weighted by atomic mass is 15.3. The number of hydrazine groups is 1. The van der Waals surface area contributed by atoms with E-state index in [4.69, 9.17) is 5.84 Å². The first kappa shape index (κ1) is 13.6. The van der Waals surface area contributed by atoms with Crippen LogP contribution < -0.4 is 16.6 Å². The van der Waals surface area contributed by atoms with Crippen molar-refractivity contribution in [2.24, 2.45) is 11.8 Å². The molecule has 20 heavy (non-hydrogen) atoms. The summed E-state index contributed by atoms with van der Waals surface area (Å²) in [5.74, 6) is 8.82. The van der Waals surface area contributed by atoms with Crippen LogP contribution in [0.2, 0.25) is 0 Å². The highest BCUT2D eigenvalue weighted by Crippen LogP contribution is 2.30. The largest absolute Gasteiger partial charge is 0.365 e. The third kappa shape index (κ3) is 2.45. The minimum atomic E-state index is 0.501. The van der Waals surface area contributed by atoms with Crippen LogP contribution in [-0.2, 0) is 6.42 Å². The van der Waals surface area contributed by atoms with Crippen LogP contribution in [-0.4, -0.2) is 40.5 Å². The van der Waals surface area contributed by atoms with Gasteiger partial charge in [-0.15, -0.1) is 0 Å². The summed E-state index contributed by atoms with van der Waals surface area (Å²) in [4.78, 5) is 11.6. The van der Waals surface area contributed by atoms with Gasteiger partial charge in [0.05, 0.1) is 0 Å². The van der Waals surface area contributed by atoms with Crippen molar-refractivity contribution < 1.29 is 0 Å². The van der Waals surface area contributed by atoms with E-state index in [2.05, 4.69) is 32.5 Å². The maximum atomic E-state index is 5.56. The molecule has 6 nitrogen and oxygen atoms in total. The van der Waals surface area contributed by atoms with E-state index < -0.39 is 0 Å². The molecular weight excluding hydrogens is 252 g/mol. The fraction of sp³-hybridized carbons (Fsp3) is 0.714. The number of rotatable bonds is 4. The molecule has 0 aliphatic carbocycles. The zero-order valence-electron chi connectivity index (χ0n) is 12.3. The van der Waals surface area contributed by atoms with Crippen LogP contribution in [0, 0.1) is 12.8 Å². The van der Waals surface area contributed by atoms with Crippen molar-refractivity contribution in [3.8, 4) is 0 Å². The second-order valence-corrected chi connectivity index (χ2v) is 5.85. The van der Waals surface area contributed by atoms with Crippen LogP contribution in [0.1, 0.15) is 31.2 Å². The van der Waals surface area contributed by atoms with Gasteiger partial charge in [-0.25, -0.2) is 15.8 Å². The number of nitrogen functional groups attached to an aromatic ring is 1. The summed E-state index contributed by atoms with van der Waals surface area (Å²) in [6.07, 6.45) is 3.40. The van der Waals surface area contributed by atoms with E-state index in [1.807, 2.05) is 6.92 Å². The number of aryl methyl sites for hydroxylation is 1. The van der Waals surface area contributed by atoms with Gasteiger partial charge in [-0.05, 0) is 38.8 Å². The molecule has 1 atom stereocenters. The lowest BCUT2D eigenvalue weighted by Gasteiger charge is -2.45. The SMILES string of the molecule is CCc1nc(NN)c(C)c(NC2CN3CCC2CC3)n1. The zero-order valence-corrected chi connectivity index (χ0v) is 12.3. The molecule has 4 rings (SSSR count). The lowest BCUT2D eigenvalue weighted by Crippen LogP contribution is -2.53.